The zero-order chi connectivity index (χ0) is 22.0. The highest BCUT2D eigenvalue weighted by Crippen LogP contribution is 2.37. The molecule has 2 aromatic carbocycles. The van der Waals surface area contributed by atoms with E-state index < -0.39 is 12.0 Å². The average Bonchev–Trinajstić information content (AvgIpc) is 3.38. The molecule has 2 unspecified atom stereocenters. The summed E-state index contributed by atoms with van der Waals surface area (Å²) in [6.07, 6.45) is 0.0952. The SMILES string of the molecule is Cc1ccc(CNC(=O)C(C)NC(=O)C2CC(=O)N(c3ccc4c(c3)OCO4)C2)cc1. The molecule has 0 aromatic heterocycles. The molecule has 2 aromatic rings. The van der Waals surface area contributed by atoms with Gasteiger partial charge < -0.3 is 25.0 Å². The van der Waals surface area contributed by atoms with Gasteiger partial charge in [-0.25, -0.2) is 0 Å². The number of fused-ring (bicyclic) bond motifs is 1. The Kier molecular flexibility index (Phi) is 5.79. The number of aryl methyl sites for hydroxylation is 1. The van der Waals surface area contributed by atoms with Crippen molar-refractivity contribution in [1.29, 1.82) is 0 Å². The third kappa shape index (κ3) is 4.63. The van der Waals surface area contributed by atoms with Crippen LogP contribution < -0.4 is 25.0 Å². The van der Waals surface area contributed by atoms with Crippen LogP contribution in [0, 0.1) is 12.8 Å². The van der Waals surface area contributed by atoms with Gasteiger partial charge in [0.1, 0.15) is 6.04 Å². The summed E-state index contributed by atoms with van der Waals surface area (Å²) in [5.41, 5.74) is 2.79. The molecule has 2 N–H and O–H groups in total. The summed E-state index contributed by atoms with van der Waals surface area (Å²) < 4.78 is 10.7. The molecule has 162 valence electrons. The molecule has 8 heteroatoms. The van der Waals surface area contributed by atoms with E-state index >= 15 is 0 Å². The number of ether oxygens (including phenoxy) is 2. The number of nitrogens with one attached hydrogen (secondary N) is 2. The van der Waals surface area contributed by atoms with Gasteiger partial charge in [-0.2, -0.15) is 0 Å². The fraction of sp³-hybridized carbons (Fsp3) is 0.348. The van der Waals surface area contributed by atoms with Crippen LogP contribution in [0.5, 0.6) is 11.5 Å². The third-order valence-corrected chi connectivity index (χ3v) is 5.50. The lowest BCUT2D eigenvalue weighted by Crippen LogP contribution is -2.46. The fourth-order valence-electron chi connectivity index (χ4n) is 3.63. The van der Waals surface area contributed by atoms with Gasteiger partial charge in [0, 0.05) is 31.3 Å². The lowest BCUT2D eigenvalue weighted by atomic mass is 10.1. The first kappa shape index (κ1) is 20.7. The normalized spacial score (nSPS) is 18.1. The second-order valence-corrected chi connectivity index (χ2v) is 7.88. The number of benzene rings is 2. The average molecular weight is 423 g/mol. The van der Waals surface area contributed by atoms with Gasteiger partial charge in [-0.15, -0.1) is 0 Å². The van der Waals surface area contributed by atoms with Gasteiger partial charge in [0.05, 0.1) is 5.92 Å². The maximum atomic E-state index is 12.7. The van der Waals surface area contributed by atoms with Crippen LogP contribution in [0.15, 0.2) is 42.5 Å². The first-order valence-electron chi connectivity index (χ1n) is 10.2. The second kappa shape index (κ2) is 8.67. The summed E-state index contributed by atoms with van der Waals surface area (Å²) >= 11 is 0. The predicted octanol–water partition coefficient (Wildman–Crippen LogP) is 1.90. The van der Waals surface area contributed by atoms with Crippen molar-refractivity contribution < 1.29 is 23.9 Å². The third-order valence-electron chi connectivity index (χ3n) is 5.50. The minimum atomic E-state index is -0.701. The van der Waals surface area contributed by atoms with Crippen LogP contribution in [0.4, 0.5) is 5.69 Å². The molecule has 8 nitrogen and oxygen atoms in total. The summed E-state index contributed by atoms with van der Waals surface area (Å²) in [5.74, 6) is -0.0338. The Morgan fingerprint density at radius 3 is 2.65 bits per heavy atom. The number of hydrogen-bond donors (Lipinski definition) is 2. The Balaban J connectivity index is 1.30. The molecule has 0 aliphatic carbocycles. The van der Waals surface area contributed by atoms with Crippen LogP contribution in [-0.2, 0) is 20.9 Å². The zero-order valence-electron chi connectivity index (χ0n) is 17.5. The van der Waals surface area contributed by atoms with Crippen molar-refractivity contribution in [3.63, 3.8) is 0 Å². The maximum absolute atomic E-state index is 12.7. The van der Waals surface area contributed by atoms with Gasteiger partial charge >= 0.3 is 0 Å². The molecule has 0 radical (unpaired) electrons. The smallest absolute Gasteiger partial charge is 0.242 e. The molecule has 31 heavy (non-hydrogen) atoms. The van der Waals surface area contributed by atoms with Gasteiger partial charge in [0.15, 0.2) is 11.5 Å². The topological polar surface area (TPSA) is 97.0 Å². The molecule has 2 heterocycles. The lowest BCUT2D eigenvalue weighted by molar-refractivity contribution is -0.131. The predicted molar refractivity (Wildman–Crippen MR) is 114 cm³/mol. The van der Waals surface area contributed by atoms with Gasteiger partial charge in [-0.1, -0.05) is 29.8 Å². The van der Waals surface area contributed by atoms with Crippen LogP contribution in [0.3, 0.4) is 0 Å². The largest absolute Gasteiger partial charge is 0.454 e. The van der Waals surface area contributed by atoms with Crippen LogP contribution in [0.25, 0.3) is 0 Å². The fourth-order valence-corrected chi connectivity index (χ4v) is 3.63. The monoisotopic (exact) mass is 423 g/mol. The molecule has 4 rings (SSSR count). The summed E-state index contributed by atoms with van der Waals surface area (Å²) in [4.78, 5) is 39.1. The molecular weight excluding hydrogens is 398 g/mol. The summed E-state index contributed by atoms with van der Waals surface area (Å²) in [6, 6.07) is 12.4. The molecular formula is C23H25N3O5. The van der Waals surface area contributed by atoms with Crippen LogP contribution in [-0.4, -0.2) is 37.1 Å². The summed E-state index contributed by atoms with van der Waals surface area (Å²) in [6.45, 7) is 4.43. The highest BCUT2D eigenvalue weighted by Gasteiger charge is 2.36. The Morgan fingerprint density at radius 1 is 1.13 bits per heavy atom. The highest BCUT2D eigenvalue weighted by molar-refractivity contribution is 6.01. The van der Waals surface area contributed by atoms with Gasteiger partial charge in [-0.05, 0) is 31.5 Å². The number of carbonyl (C=O) groups is 3. The highest BCUT2D eigenvalue weighted by atomic mass is 16.7. The van der Waals surface area contributed by atoms with E-state index in [0.29, 0.717) is 23.7 Å². The Morgan fingerprint density at radius 2 is 1.87 bits per heavy atom. The Bertz CT molecular complexity index is 1000. The summed E-state index contributed by atoms with van der Waals surface area (Å²) in [5, 5.41) is 5.55. The molecule has 1 fully saturated rings. The van der Waals surface area contributed by atoms with E-state index in [0.717, 1.165) is 11.1 Å². The van der Waals surface area contributed by atoms with Gasteiger partial charge in [0.2, 0.25) is 24.5 Å². The van der Waals surface area contributed by atoms with E-state index in [-0.39, 0.29) is 37.5 Å². The van der Waals surface area contributed by atoms with Crippen molar-refractivity contribution in [2.75, 3.05) is 18.2 Å². The molecule has 2 atom stereocenters. The maximum Gasteiger partial charge on any atom is 0.242 e. The van der Waals surface area contributed by atoms with Crippen molar-refractivity contribution in [1.82, 2.24) is 10.6 Å². The van der Waals surface area contributed by atoms with E-state index in [4.69, 9.17) is 9.47 Å². The van der Waals surface area contributed by atoms with Crippen LogP contribution >= 0.6 is 0 Å². The first-order chi connectivity index (χ1) is 14.9. The lowest BCUT2D eigenvalue weighted by Gasteiger charge is -2.18. The van der Waals surface area contributed by atoms with Crippen molar-refractivity contribution in [2.24, 2.45) is 5.92 Å². The molecule has 3 amide bonds. The number of amides is 3. The van der Waals surface area contributed by atoms with Crippen molar-refractivity contribution >= 4 is 23.4 Å². The first-order valence-corrected chi connectivity index (χ1v) is 10.2. The second-order valence-electron chi connectivity index (χ2n) is 7.88. The molecule has 0 bridgehead atoms. The Hall–Kier alpha value is -3.55. The Labute approximate surface area is 180 Å². The molecule has 1 saturated heterocycles. The summed E-state index contributed by atoms with van der Waals surface area (Å²) in [7, 11) is 0. The quantitative estimate of drug-likeness (QED) is 0.740. The van der Waals surface area contributed by atoms with Crippen LogP contribution in [0.2, 0.25) is 0 Å². The number of rotatable bonds is 6. The zero-order valence-corrected chi connectivity index (χ0v) is 17.5. The van der Waals surface area contributed by atoms with E-state index in [1.165, 1.54) is 0 Å². The number of anilines is 1. The standard InChI is InChI=1S/C23H25N3O5/c1-14-3-5-16(6-4-14)11-24-22(28)15(2)25-23(29)17-9-21(27)26(12-17)18-7-8-19-20(10-18)31-13-30-19/h3-8,10,15,17H,9,11-13H2,1-2H3,(H,24,28)(H,25,29). The molecule has 0 saturated carbocycles. The molecule has 2 aliphatic heterocycles. The van der Waals surface area contributed by atoms with Crippen molar-refractivity contribution in [3.8, 4) is 11.5 Å². The van der Waals surface area contributed by atoms with Gasteiger partial charge in [-0.3, -0.25) is 14.4 Å². The van der Waals surface area contributed by atoms with Crippen molar-refractivity contribution in [2.45, 2.75) is 32.9 Å². The van der Waals surface area contributed by atoms with E-state index in [1.54, 1.807) is 30.0 Å². The molecule has 2 aliphatic rings. The molecule has 0 spiro atoms. The van der Waals surface area contributed by atoms with E-state index in [9.17, 15) is 14.4 Å². The number of nitrogens with zero attached hydrogens (tertiary/aromatic N) is 1. The van der Waals surface area contributed by atoms with Crippen molar-refractivity contribution in [3.05, 3.63) is 53.6 Å². The number of carbonyl (C=O) groups excluding carboxylic acids is 3. The van der Waals surface area contributed by atoms with Crippen LogP contribution in [0.1, 0.15) is 24.5 Å². The van der Waals surface area contributed by atoms with E-state index in [1.807, 2.05) is 31.2 Å². The number of hydrogen-bond acceptors (Lipinski definition) is 5. The minimum absolute atomic E-state index is 0.0952. The van der Waals surface area contributed by atoms with E-state index in [2.05, 4.69) is 10.6 Å². The van der Waals surface area contributed by atoms with Gasteiger partial charge in [0.25, 0.3) is 0 Å². The minimum Gasteiger partial charge on any atom is -0.454 e.